The molecule has 0 heterocycles. The molecule has 0 spiro atoms. The van der Waals surface area contributed by atoms with Gasteiger partial charge in [0.2, 0.25) is 0 Å². The van der Waals surface area contributed by atoms with Crippen LogP contribution >= 0.6 is 11.6 Å². The van der Waals surface area contributed by atoms with Crippen molar-refractivity contribution in [3.63, 3.8) is 0 Å². The highest BCUT2D eigenvalue weighted by Gasteiger charge is 2.18. The summed E-state index contributed by atoms with van der Waals surface area (Å²) in [4.78, 5) is 20.6. The number of nitrogens with zero attached hydrogens (tertiary/aromatic N) is 1. The van der Waals surface area contributed by atoms with Crippen molar-refractivity contribution in [3.8, 4) is 5.75 Å². The Labute approximate surface area is 108 Å². The van der Waals surface area contributed by atoms with Gasteiger partial charge in [-0.25, -0.2) is 0 Å². The van der Waals surface area contributed by atoms with Gasteiger partial charge >= 0.3 is 11.7 Å². The first-order valence-electron chi connectivity index (χ1n) is 5.22. The van der Waals surface area contributed by atoms with Gasteiger partial charge in [0.25, 0.3) is 0 Å². The summed E-state index contributed by atoms with van der Waals surface area (Å²) < 4.78 is 5.35. The van der Waals surface area contributed by atoms with Crippen LogP contribution in [0, 0.1) is 10.1 Å². The van der Waals surface area contributed by atoms with Gasteiger partial charge in [0.05, 0.1) is 11.0 Å². The molecular formula is C11H12ClNO5. The van der Waals surface area contributed by atoms with Crippen molar-refractivity contribution in [2.75, 3.05) is 0 Å². The van der Waals surface area contributed by atoms with E-state index in [1.165, 1.54) is 18.2 Å². The van der Waals surface area contributed by atoms with Gasteiger partial charge in [-0.3, -0.25) is 14.9 Å². The number of rotatable bonds is 6. The first-order chi connectivity index (χ1) is 8.40. The van der Waals surface area contributed by atoms with Gasteiger partial charge in [0.1, 0.15) is 0 Å². The fourth-order valence-corrected chi connectivity index (χ4v) is 1.50. The molecule has 0 amide bonds. The molecule has 0 aliphatic heterocycles. The number of carboxylic acid groups (broad SMARTS) is 1. The number of hydrogen-bond acceptors (Lipinski definition) is 4. The Kier molecular flexibility index (Phi) is 4.91. The van der Waals surface area contributed by atoms with E-state index in [2.05, 4.69) is 0 Å². The zero-order valence-corrected chi connectivity index (χ0v) is 10.4. The summed E-state index contributed by atoms with van der Waals surface area (Å²) in [6.07, 6.45) is -0.210. The molecule has 0 saturated heterocycles. The molecule has 18 heavy (non-hydrogen) atoms. The van der Waals surface area contributed by atoms with Gasteiger partial charge in [-0.1, -0.05) is 11.6 Å². The molecule has 1 unspecified atom stereocenters. The van der Waals surface area contributed by atoms with Crippen molar-refractivity contribution in [1.82, 2.24) is 0 Å². The summed E-state index contributed by atoms with van der Waals surface area (Å²) in [5.74, 6) is -0.849. The predicted molar refractivity (Wildman–Crippen MR) is 65.1 cm³/mol. The summed E-state index contributed by atoms with van der Waals surface area (Å²) in [5, 5.41) is 19.6. The van der Waals surface area contributed by atoms with Gasteiger partial charge in [0.15, 0.2) is 5.75 Å². The van der Waals surface area contributed by atoms with Crippen molar-refractivity contribution < 1.29 is 19.6 Å². The molecule has 1 N–H and O–H groups in total. The molecule has 0 aliphatic carbocycles. The number of nitro benzene ring substituents is 1. The topological polar surface area (TPSA) is 89.7 Å². The molecule has 0 fully saturated rings. The number of aliphatic carboxylic acids is 1. The van der Waals surface area contributed by atoms with E-state index in [9.17, 15) is 14.9 Å². The molecule has 0 saturated carbocycles. The Morgan fingerprint density at radius 2 is 2.28 bits per heavy atom. The SMILES string of the molecule is CC(CCC(=O)O)Oc1ccc(Cl)cc1[N+](=O)[O-]. The smallest absolute Gasteiger partial charge is 0.312 e. The second kappa shape index (κ2) is 6.20. The lowest BCUT2D eigenvalue weighted by Crippen LogP contribution is -2.14. The van der Waals surface area contributed by atoms with E-state index in [4.69, 9.17) is 21.4 Å². The third-order valence-corrected chi connectivity index (χ3v) is 2.45. The van der Waals surface area contributed by atoms with Gasteiger partial charge in [0, 0.05) is 17.5 Å². The van der Waals surface area contributed by atoms with Crippen molar-refractivity contribution >= 4 is 23.3 Å². The third kappa shape index (κ3) is 4.21. The Balaban J connectivity index is 2.77. The molecule has 98 valence electrons. The molecule has 1 rings (SSSR count). The van der Waals surface area contributed by atoms with Crippen LogP contribution in [0.1, 0.15) is 19.8 Å². The predicted octanol–water partition coefficient (Wildman–Crippen LogP) is 2.88. The number of halogens is 1. The first-order valence-corrected chi connectivity index (χ1v) is 5.60. The summed E-state index contributed by atoms with van der Waals surface area (Å²) in [7, 11) is 0. The second-order valence-corrected chi connectivity index (χ2v) is 4.17. The highest BCUT2D eigenvalue weighted by Crippen LogP contribution is 2.31. The monoisotopic (exact) mass is 273 g/mol. The van der Waals surface area contributed by atoms with Crippen LogP contribution in [0.5, 0.6) is 5.75 Å². The van der Waals surface area contributed by atoms with Crippen LogP contribution in [-0.4, -0.2) is 22.1 Å². The standard InChI is InChI=1S/C11H12ClNO5/c1-7(2-5-11(14)15)18-10-4-3-8(12)6-9(10)13(16)17/h3-4,6-7H,2,5H2,1H3,(H,14,15). The zero-order valence-electron chi connectivity index (χ0n) is 9.63. The van der Waals surface area contributed by atoms with Crippen molar-refractivity contribution in [2.45, 2.75) is 25.9 Å². The minimum atomic E-state index is -0.934. The van der Waals surface area contributed by atoms with Gasteiger partial charge in [-0.05, 0) is 25.5 Å². The van der Waals surface area contributed by atoms with Crippen LogP contribution in [0.25, 0.3) is 0 Å². The Bertz CT molecular complexity index is 463. The molecule has 0 aromatic heterocycles. The molecule has 7 heteroatoms. The molecule has 1 aromatic carbocycles. The summed E-state index contributed by atoms with van der Waals surface area (Å²) in [5.41, 5.74) is -0.232. The zero-order chi connectivity index (χ0) is 13.7. The molecule has 1 atom stereocenters. The van der Waals surface area contributed by atoms with Gasteiger partial charge < -0.3 is 9.84 Å². The van der Waals surface area contributed by atoms with E-state index < -0.39 is 17.0 Å². The number of ether oxygens (including phenoxy) is 1. The van der Waals surface area contributed by atoms with Crippen molar-refractivity contribution in [1.29, 1.82) is 0 Å². The largest absolute Gasteiger partial charge is 0.484 e. The quantitative estimate of drug-likeness (QED) is 0.636. The lowest BCUT2D eigenvalue weighted by molar-refractivity contribution is -0.386. The van der Waals surface area contributed by atoms with Crippen LogP contribution in [0.15, 0.2) is 18.2 Å². The van der Waals surface area contributed by atoms with Crippen molar-refractivity contribution in [3.05, 3.63) is 33.3 Å². The number of carboxylic acids is 1. The van der Waals surface area contributed by atoms with Crippen LogP contribution in [0.4, 0.5) is 5.69 Å². The maximum atomic E-state index is 10.8. The van der Waals surface area contributed by atoms with E-state index in [0.29, 0.717) is 0 Å². The lowest BCUT2D eigenvalue weighted by Gasteiger charge is -2.13. The lowest BCUT2D eigenvalue weighted by atomic mass is 10.2. The molecular weight excluding hydrogens is 262 g/mol. The number of hydrogen-bond donors (Lipinski definition) is 1. The average Bonchev–Trinajstić information content (AvgIpc) is 2.28. The van der Waals surface area contributed by atoms with Gasteiger partial charge in [-0.15, -0.1) is 0 Å². The fourth-order valence-electron chi connectivity index (χ4n) is 1.34. The minimum absolute atomic E-state index is 0.0530. The number of benzene rings is 1. The number of carbonyl (C=O) groups is 1. The average molecular weight is 274 g/mol. The van der Waals surface area contributed by atoms with Crippen LogP contribution in [-0.2, 0) is 4.79 Å². The summed E-state index contributed by atoms with van der Waals surface area (Å²) in [6, 6.07) is 4.08. The minimum Gasteiger partial charge on any atom is -0.484 e. The Hall–Kier alpha value is -1.82. The van der Waals surface area contributed by atoms with E-state index in [-0.39, 0.29) is 29.3 Å². The summed E-state index contributed by atoms with van der Waals surface area (Å²) >= 11 is 5.66. The molecule has 0 radical (unpaired) electrons. The van der Waals surface area contributed by atoms with Crippen molar-refractivity contribution in [2.24, 2.45) is 0 Å². The maximum Gasteiger partial charge on any atom is 0.312 e. The molecule has 6 nitrogen and oxygen atoms in total. The Morgan fingerprint density at radius 1 is 1.61 bits per heavy atom. The third-order valence-electron chi connectivity index (χ3n) is 2.21. The number of nitro groups is 1. The second-order valence-electron chi connectivity index (χ2n) is 3.73. The van der Waals surface area contributed by atoms with Gasteiger partial charge in [-0.2, -0.15) is 0 Å². The van der Waals surface area contributed by atoms with Crippen LogP contribution in [0.3, 0.4) is 0 Å². The Morgan fingerprint density at radius 3 is 2.83 bits per heavy atom. The highest BCUT2D eigenvalue weighted by molar-refractivity contribution is 6.30. The first kappa shape index (κ1) is 14.2. The maximum absolute atomic E-state index is 10.8. The molecule has 0 bridgehead atoms. The van der Waals surface area contributed by atoms with E-state index in [0.717, 1.165) is 0 Å². The van der Waals surface area contributed by atoms with E-state index >= 15 is 0 Å². The van der Waals surface area contributed by atoms with E-state index in [1.807, 2.05) is 0 Å². The van der Waals surface area contributed by atoms with Crippen LogP contribution < -0.4 is 4.74 Å². The van der Waals surface area contributed by atoms with E-state index in [1.54, 1.807) is 6.92 Å². The highest BCUT2D eigenvalue weighted by atomic mass is 35.5. The molecule has 1 aromatic rings. The summed E-state index contributed by atoms with van der Waals surface area (Å²) in [6.45, 7) is 1.65. The molecule has 0 aliphatic rings. The normalized spacial score (nSPS) is 11.9. The van der Waals surface area contributed by atoms with Crippen LogP contribution in [0.2, 0.25) is 5.02 Å². The fraction of sp³-hybridized carbons (Fsp3) is 0.364.